The fraction of sp³-hybridized carbons (Fsp3) is 0.357. The number of rotatable bonds is 5. The minimum absolute atomic E-state index is 0.411. The van der Waals surface area contributed by atoms with Crippen molar-refractivity contribution in [2.24, 2.45) is 0 Å². The molecule has 0 spiro atoms. The van der Waals surface area contributed by atoms with Crippen molar-refractivity contribution in [3.8, 4) is 0 Å². The molecule has 21 heavy (non-hydrogen) atoms. The normalized spacial score (nSPS) is 12.7. The van der Waals surface area contributed by atoms with E-state index in [4.69, 9.17) is 11.6 Å². The maximum atomic E-state index is 6.25. The summed E-state index contributed by atoms with van der Waals surface area (Å²) in [5, 5.41) is 8.55. The molecule has 0 fully saturated rings. The summed E-state index contributed by atoms with van der Waals surface area (Å²) >= 11 is 7.44. The zero-order valence-electron chi connectivity index (χ0n) is 11.9. The van der Waals surface area contributed by atoms with Crippen molar-refractivity contribution >= 4 is 40.0 Å². The van der Waals surface area contributed by atoms with Gasteiger partial charge in [0.2, 0.25) is 0 Å². The minimum atomic E-state index is 0.411. The number of halogens is 1. The van der Waals surface area contributed by atoms with Crippen molar-refractivity contribution in [2.45, 2.75) is 32.9 Å². The lowest BCUT2D eigenvalue weighted by Gasteiger charge is -2.09. The van der Waals surface area contributed by atoms with Crippen LogP contribution in [-0.2, 0) is 6.54 Å². The average Bonchev–Trinajstić information content (AvgIpc) is 3.14. The second kappa shape index (κ2) is 5.99. The summed E-state index contributed by atoms with van der Waals surface area (Å²) < 4.78 is 10.5. The van der Waals surface area contributed by atoms with E-state index in [2.05, 4.69) is 33.0 Å². The Bertz CT molecular complexity index is 751. The highest BCUT2D eigenvalue weighted by molar-refractivity contribution is 7.00. The van der Waals surface area contributed by atoms with Crippen molar-refractivity contribution in [2.75, 3.05) is 5.32 Å². The van der Waals surface area contributed by atoms with Gasteiger partial charge in [-0.05, 0) is 31.5 Å². The standard InChI is InChI=1S/C14H16ClN5S/c1-3-9(2)20-7-6-10(17-20)8-16-13-11(15)4-5-12-14(13)19-21-18-12/h4-7,9,16H,3,8H2,1-2H3. The lowest BCUT2D eigenvalue weighted by molar-refractivity contribution is 0.474. The van der Waals surface area contributed by atoms with E-state index in [9.17, 15) is 0 Å². The van der Waals surface area contributed by atoms with E-state index >= 15 is 0 Å². The van der Waals surface area contributed by atoms with Crippen LogP contribution in [0.5, 0.6) is 0 Å². The molecule has 7 heteroatoms. The van der Waals surface area contributed by atoms with Crippen LogP contribution in [0.1, 0.15) is 32.0 Å². The monoisotopic (exact) mass is 321 g/mol. The van der Waals surface area contributed by atoms with Crippen molar-refractivity contribution in [1.29, 1.82) is 0 Å². The summed E-state index contributed by atoms with van der Waals surface area (Å²) in [5.41, 5.74) is 3.47. The van der Waals surface area contributed by atoms with E-state index in [0.717, 1.165) is 28.8 Å². The van der Waals surface area contributed by atoms with Crippen molar-refractivity contribution in [3.63, 3.8) is 0 Å². The Hall–Kier alpha value is -1.66. The Morgan fingerprint density at radius 1 is 1.33 bits per heavy atom. The van der Waals surface area contributed by atoms with Crippen LogP contribution in [0.15, 0.2) is 24.4 Å². The van der Waals surface area contributed by atoms with Gasteiger partial charge in [-0.3, -0.25) is 4.68 Å². The van der Waals surface area contributed by atoms with Gasteiger partial charge in [-0.2, -0.15) is 13.8 Å². The van der Waals surface area contributed by atoms with E-state index < -0.39 is 0 Å². The van der Waals surface area contributed by atoms with Gasteiger partial charge in [0.1, 0.15) is 11.0 Å². The van der Waals surface area contributed by atoms with Crippen LogP contribution in [-0.4, -0.2) is 18.5 Å². The van der Waals surface area contributed by atoms with Crippen molar-refractivity contribution in [3.05, 3.63) is 35.1 Å². The Morgan fingerprint density at radius 3 is 3.00 bits per heavy atom. The molecule has 1 aromatic carbocycles. The average molecular weight is 322 g/mol. The summed E-state index contributed by atoms with van der Waals surface area (Å²) in [6.07, 6.45) is 3.07. The predicted molar refractivity (Wildman–Crippen MR) is 87.0 cm³/mol. The zero-order valence-corrected chi connectivity index (χ0v) is 13.4. The van der Waals surface area contributed by atoms with Crippen LogP contribution >= 0.6 is 23.3 Å². The molecule has 0 saturated carbocycles. The fourth-order valence-electron chi connectivity index (χ4n) is 2.08. The number of nitrogens with one attached hydrogen (secondary N) is 1. The topological polar surface area (TPSA) is 55.6 Å². The SMILES string of the molecule is CCC(C)n1ccc(CNc2c(Cl)ccc3nsnc23)n1. The third-order valence-electron chi connectivity index (χ3n) is 3.53. The lowest BCUT2D eigenvalue weighted by Crippen LogP contribution is -2.07. The number of hydrogen-bond donors (Lipinski definition) is 1. The summed E-state index contributed by atoms with van der Waals surface area (Å²) in [4.78, 5) is 0. The highest BCUT2D eigenvalue weighted by atomic mass is 35.5. The summed E-state index contributed by atoms with van der Waals surface area (Å²) in [6.45, 7) is 4.92. The van der Waals surface area contributed by atoms with Gasteiger partial charge < -0.3 is 5.32 Å². The summed E-state index contributed by atoms with van der Waals surface area (Å²) in [7, 11) is 0. The van der Waals surface area contributed by atoms with Gasteiger partial charge in [-0.25, -0.2) is 0 Å². The molecule has 110 valence electrons. The number of nitrogens with zero attached hydrogens (tertiary/aromatic N) is 4. The lowest BCUT2D eigenvalue weighted by atomic mass is 10.2. The van der Waals surface area contributed by atoms with E-state index in [1.807, 2.05) is 29.1 Å². The first kappa shape index (κ1) is 14.3. The number of anilines is 1. The Kier molecular flexibility index (Phi) is 4.07. The fourth-order valence-corrected chi connectivity index (χ4v) is 2.84. The van der Waals surface area contributed by atoms with Gasteiger partial charge in [-0.1, -0.05) is 18.5 Å². The molecule has 1 atom stereocenters. The van der Waals surface area contributed by atoms with Gasteiger partial charge in [0.05, 0.1) is 34.7 Å². The number of fused-ring (bicyclic) bond motifs is 1. The molecule has 0 amide bonds. The first-order chi connectivity index (χ1) is 10.2. The van der Waals surface area contributed by atoms with Gasteiger partial charge in [0.25, 0.3) is 0 Å². The summed E-state index contributed by atoms with van der Waals surface area (Å²) in [6, 6.07) is 6.15. The van der Waals surface area contributed by atoms with Gasteiger partial charge in [0, 0.05) is 12.2 Å². The molecule has 3 rings (SSSR count). The number of aromatic nitrogens is 4. The third-order valence-corrected chi connectivity index (χ3v) is 4.39. The highest BCUT2D eigenvalue weighted by Gasteiger charge is 2.10. The smallest absolute Gasteiger partial charge is 0.129 e. The Morgan fingerprint density at radius 2 is 2.19 bits per heavy atom. The largest absolute Gasteiger partial charge is 0.376 e. The maximum Gasteiger partial charge on any atom is 0.129 e. The van der Waals surface area contributed by atoms with E-state index in [1.54, 1.807) is 0 Å². The minimum Gasteiger partial charge on any atom is -0.376 e. The Balaban J connectivity index is 1.79. The van der Waals surface area contributed by atoms with E-state index in [-0.39, 0.29) is 0 Å². The molecule has 0 aliphatic rings. The molecule has 2 aromatic heterocycles. The molecule has 0 bridgehead atoms. The molecule has 1 unspecified atom stereocenters. The molecule has 0 radical (unpaired) electrons. The first-order valence-electron chi connectivity index (χ1n) is 6.87. The molecule has 3 aromatic rings. The molecule has 0 aliphatic heterocycles. The molecule has 0 aliphatic carbocycles. The number of hydrogen-bond acceptors (Lipinski definition) is 5. The van der Waals surface area contributed by atoms with Crippen LogP contribution in [0, 0.1) is 0 Å². The zero-order chi connectivity index (χ0) is 14.8. The second-order valence-electron chi connectivity index (χ2n) is 4.95. The van der Waals surface area contributed by atoms with Crippen LogP contribution in [0.4, 0.5) is 5.69 Å². The molecular weight excluding hydrogens is 306 g/mol. The van der Waals surface area contributed by atoms with Crippen LogP contribution in [0.3, 0.4) is 0 Å². The van der Waals surface area contributed by atoms with Gasteiger partial charge in [-0.15, -0.1) is 0 Å². The molecular formula is C14H16ClN5S. The number of benzene rings is 1. The van der Waals surface area contributed by atoms with Crippen LogP contribution < -0.4 is 5.32 Å². The quantitative estimate of drug-likeness (QED) is 0.768. The predicted octanol–water partition coefficient (Wildman–Crippen LogP) is 4.12. The third kappa shape index (κ3) is 2.87. The van der Waals surface area contributed by atoms with Crippen LogP contribution in [0.25, 0.3) is 11.0 Å². The second-order valence-corrected chi connectivity index (χ2v) is 5.89. The molecule has 2 heterocycles. The summed E-state index contributed by atoms with van der Waals surface area (Å²) in [5.74, 6) is 0. The molecule has 0 saturated heterocycles. The van der Waals surface area contributed by atoms with Crippen molar-refractivity contribution in [1.82, 2.24) is 18.5 Å². The molecule has 1 N–H and O–H groups in total. The first-order valence-corrected chi connectivity index (χ1v) is 7.98. The maximum absolute atomic E-state index is 6.25. The van der Waals surface area contributed by atoms with Crippen molar-refractivity contribution < 1.29 is 0 Å². The highest BCUT2D eigenvalue weighted by Crippen LogP contribution is 2.30. The van der Waals surface area contributed by atoms with Gasteiger partial charge in [0.15, 0.2) is 0 Å². The Labute approximate surface area is 132 Å². The van der Waals surface area contributed by atoms with E-state index in [1.165, 1.54) is 11.7 Å². The van der Waals surface area contributed by atoms with E-state index in [0.29, 0.717) is 17.6 Å². The molecule has 5 nitrogen and oxygen atoms in total. The van der Waals surface area contributed by atoms with Gasteiger partial charge >= 0.3 is 0 Å². The van der Waals surface area contributed by atoms with Crippen LogP contribution in [0.2, 0.25) is 5.02 Å².